The first-order valence-electron chi connectivity index (χ1n) is 8.43. The Morgan fingerprint density at radius 1 is 1.14 bits per heavy atom. The van der Waals surface area contributed by atoms with Crippen molar-refractivity contribution in [2.24, 2.45) is 0 Å². The molecule has 2 amide bonds. The molecule has 0 radical (unpaired) electrons. The van der Waals surface area contributed by atoms with Gasteiger partial charge >= 0.3 is 0 Å². The maximum Gasteiger partial charge on any atom is 0.246 e. The fraction of sp³-hybridized carbons (Fsp3) is 0.875. The molecular formula is C16H27N3O2. The smallest absolute Gasteiger partial charge is 0.246 e. The minimum atomic E-state index is -0.0643. The highest BCUT2D eigenvalue weighted by Gasteiger charge is 2.46. The van der Waals surface area contributed by atoms with Crippen LogP contribution in [-0.2, 0) is 9.59 Å². The number of rotatable bonds is 3. The SMILES string of the molecule is CCNC1CC2CCCC(C1)N2C1CCC(=O)N(C)C1=O. The van der Waals surface area contributed by atoms with E-state index in [-0.39, 0.29) is 17.9 Å². The summed E-state index contributed by atoms with van der Waals surface area (Å²) in [6.07, 6.45) is 7.18. The van der Waals surface area contributed by atoms with E-state index < -0.39 is 0 Å². The summed E-state index contributed by atoms with van der Waals surface area (Å²) < 4.78 is 0. The van der Waals surface area contributed by atoms with Gasteiger partial charge < -0.3 is 5.32 Å². The lowest BCUT2D eigenvalue weighted by Crippen LogP contribution is -2.64. The lowest BCUT2D eigenvalue weighted by molar-refractivity contribution is -0.155. The molecule has 3 saturated heterocycles. The fourth-order valence-electron chi connectivity index (χ4n) is 4.56. The van der Waals surface area contributed by atoms with Crippen molar-refractivity contribution in [3.63, 3.8) is 0 Å². The van der Waals surface area contributed by atoms with Crippen LogP contribution in [0, 0.1) is 0 Å². The zero-order valence-corrected chi connectivity index (χ0v) is 13.2. The standard InChI is InChI=1S/C16H27N3O2/c1-3-17-11-9-12-5-4-6-13(10-11)19(12)14-7-8-15(20)18(2)16(14)21/h11-14,17H,3-10H2,1-2H3. The molecule has 3 heterocycles. The molecule has 21 heavy (non-hydrogen) atoms. The highest BCUT2D eigenvalue weighted by Crippen LogP contribution is 2.37. The van der Waals surface area contributed by atoms with Gasteiger partial charge in [0.05, 0.1) is 6.04 Å². The van der Waals surface area contributed by atoms with Gasteiger partial charge in [-0.25, -0.2) is 0 Å². The Kier molecular flexibility index (Phi) is 4.31. The normalized spacial score (nSPS) is 37.9. The molecule has 0 aliphatic carbocycles. The Labute approximate surface area is 127 Å². The van der Waals surface area contributed by atoms with Crippen LogP contribution in [-0.4, -0.2) is 59.4 Å². The van der Waals surface area contributed by atoms with E-state index in [0.717, 1.165) is 19.4 Å². The van der Waals surface area contributed by atoms with Gasteiger partial charge in [0.25, 0.3) is 0 Å². The first kappa shape index (κ1) is 15.0. The van der Waals surface area contributed by atoms with Crippen LogP contribution in [0.15, 0.2) is 0 Å². The van der Waals surface area contributed by atoms with E-state index in [0.29, 0.717) is 31.0 Å². The summed E-state index contributed by atoms with van der Waals surface area (Å²) in [7, 11) is 1.64. The van der Waals surface area contributed by atoms with E-state index in [1.165, 1.54) is 24.2 Å². The number of carbonyl (C=O) groups is 2. The average molecular weight is 293 g/mol. The Morgan fingerprint density at radius 3 is 2.43 bits per heavy atom. The summed E-state index contributed by atoms with van der Waals surface area (Å²) in [4.78, 5) is 28.0. The largest absolute Gasteiger partial charge is 0.314 e. The van der Waals surface area contributed by atoms with Crippen molar-refractivity contribution in [1.82, 2.24) is 15.1 Å². The summed E-state index contributed by atoms with van der Waals surface area (Å²) in [6.45, 7) is 3.18. The molecule has 1 N–H and O–H groups in total. The number of likely N-dealkylation sites (N-methyl/N-ethyl adjacent to an activating group) is 1. The van der Waals surface area contributed by atoms with Gasteiger partial charge in [-0.1, -0.05) is 13.3 Å². The van der Waals surface area contributed by atoms with Crippen molar-refractivity contribution in [2.75, 3.05) is 13.6 Å². The van der Waals surface area contributed by atoms with E-state index in [1.807, 2.05) is 0 Å². The van der Waals surface area contributed by atoms with E-state index in [2.05, 4.69) is 17.1 Å². The molecule has 3 fully saturated rings. The third-order valence-corrected chi connectivity index (χ3v) is 5.51. The maximum absolute atomic E-state index is 12.5. The van der Waals surface area contributed by atoms with Gasteiger partial charge in [-0.3, -0.25) is 19.4 Å². The van der Waals surface area contributed by atoms with E-state index in [1.54, 1.807) is 7.05 Å². The number of carbonyl (C=O) groups excluding carboxylic acids is 2. The fourth-order valence-corrected chi connectivity index (χ4v) is 4.56. The molecule has 0 aromatic heterocycles. The minimum absolute atomic E-state index is 0.0186. The third kappa shape index (κ3) is 2.73. The van der Waals surface area contributed by atoms with Crippen molar-refractivity contribution in [3.05, 3.63) is 0 Å². The predicted octanol–water partition coefficient (Wildman–Crippen LogP) is 1.13. The quantitative estimate of drug-likeness (QED) is 0.793. The molecule has 0 aromatic carbocycles. The molecule has 2 bridgehead atoms. The summed E-state index contributed by atoms with van der Waals surface area (Å²) in [5, 5.41) is 3.59. The number of hydrogen-bond donors (Lipinski definition) is 1. The van der Waals surface area contributed by atoms with Crippen molar-refractivity contribution in [3.8, 4) is 0 Å². The topological polar surface area (TPSA) is 52.7 Å². The summed E-state index contributed by atoms with van der Waals surface area (Å²) >= 11 is 0. The molecule has 0 saturated carbocycles. The zero-order valence-electron chi connectivity index (χ0n) is 13.2. The Balaban J connectivity index is 1.76. The Bertz CT molecular complexity index is 412. The summed E-state index contributed by atoms with van der Waals surface area (Å²) in [6, 6.07) is 1.55. The van der Waals surface area contributed by atoms with Crippen LogP contribution in [0.3, 0.4) is 0 Å². The molecule has 0 aromatic rings. The first-order chi connectivity index (χ1) is 10.1. The predicted molar refractivity (Wildman–Crippen MR) is 80.8 cm³/mol. The number of piperidine rings is 3. The van der Waals surface area contributed by atoms with E-state index in [4.69, 9.17) is 0 Å². The van der Waals surface area contributed by atoms with Gasteiger partial charge in [0.15, 0.2) is 0 Å². The van der Waals surface area contributed by atoms with Crippen LogP contribution < -0.4 is 5.32 Å². The van der Waals surface area contributed by atoms with Crippen molar-refractivity contribution >= 4 is 11.8 Å². The number of imide groups is 1. The van der Waals surface area contributed by atoms with E-state index >= 15 is 0 Å². The van der Waals surface area contributed by atoms with Crippen LogP contribution in [0.25, 0.3) is 0 Å². The zero-order chi connectivity index (χ0) is 15.0. The average Bonchev–Trinajstić information content (AvgIpc) is 2.45. The van der Waals surface area contributed by atoms with Crippen LogP contribution in [0.5, 0.6) is 0 Å². The van der Waals surface area contributed by atoms with Gasteiger partial charge in [-0.2, -0.15) is 0 Å². The van der Waals surface area contributed by atoms with Crippen LogP contribution in [0.4, 0.5) is 0 Å². The molecule has 3 aliphatic heterocycles. The highest BCUT2D eigenvalue weighted by atomic mass is 16.2. The lowest BCUT2D eigenvalue weighted by atomic mass is 9.79. The monoisotopic (exact) mass is 293 g/mol. The highest BCUT2D eigenvalue weighted by molar-refractivity contribution is 6.00. The van der Waals surface area contributed by atoms with Crippen LogP contribution in [0.1, 0.15) is 51.9 Å². The number of hydrogen-bond acceptors (Lipinski definition) is 4. The minimum Gasteiger partial charge on any atom is -0.314 e. The second-order valence-corrected chi connectivity index (χ2v) is 6.76. The molecule has 3 unspecified atom stereocenters. The molecule has 3 aliphatic rings. The third-order valence-electron chi connectivity index (χ3n) is 5.51. The summed E-state index contributed by atoms with van der Waals surface area (Å²) in [5.41, 5.74) is 0. The first-order valence-corrected chi connectivity index (χ1v) is 8.43. The van der Waals surface area contributed by atoms with Gasteiger partial charge in [-0.05, 0) is 38.6 Å². The maximum atomic E-state index is 12.5. The molecule has 3 rings (SSSR count). The number of likely N-dealkylation sites (tertiary alicyclic amines) is 1. The van der Waals surface area contributed by atoms with Crippen molar-refractivity contribution in [2.45, 2.75) is 76.0 Å². The molecule has 3 atom stereocenters. The van der Waals surface area contributed by atoms with Gasteiger partial charge in [0, 0.05) is 31.6 Å². The molecular weight excluding hydrogens is 266 g/mol. The number of nitrogens with zero attached hydrogens (tertiary/aromatic N) is 2. The van der Waals surface area contributed by atoms with Crippen LogP contribution in [0.2, 0.25) is 0 Å². The van der Waals surface area contributed by atoms with E-state index in [9.17, 15) is 9.59 Å². The van der Waals surface area contributed by atoms with Crippen molar-refractivity contribution < 1.29 is 9.59 Å². The van der Waals surface area contributed by atoms with Gasteiger partial charge in [0.2, 0.25) is 11.8 Å². The number of amides is 2. The second-order valence-electron chi connectivity index (χ2n) is 6.76. The van der Waals surface area contributed by atoms with Gasteiger partial charge in [-0.15, -0.1) is 0 Å². The Morgan fingerprint density at radius 2 is 1.81 bits per heavy atom. The number of fused-ring (bicyclic) bond motifs is 2. The number of nitrogens with one attached hydrogen (secondary N) is 1. The molecule has 5 nitrogen and oxygen atoms in total. The second kappa shape index (κ2) is 6.05. The molecule has 118 valence electrons. The lowest BCUT2D eigenvalue weighted by Gasteiger charge is -2.53. The molecule has 5 heteroatoms. The van der Waals surface area contributed by atoms with Crippen LogP contribution >= 0.6 is 0 Å². The van der Waals surface area contributed by atoms with Crippen molar-refractivity contribution in [1.29, 1.82) is 0 Å². The molecule has 0 spiro atoms. The Hall–Kier alpha value is -0.940. The summed E-state index contributed by atoms with van der Waals surface area (Å²) in [5.74, 6) is -0.00556. The van der Waals surface area contributed by atoms with Gasteiger partial charge in [0.1, 0.15) is 0 Å².